The van der Waals surface area contributed by atoms with E-state index in [0.29, 0.717) is 19.6 Å². The number of benzene rings is 1. The quantitative estimate of drug-likeness (QED) is 0.722. The van der Waals surface area contributed by atoms with Crippen molar-refractivity contribution in [3.63, 3.8) is 0 Å². The molecule has 1 amide bonds. The Morgan fingerprint density at radius 2 is 1.96 bits per heavy atom. The predicted octanol–water partition coefficient (Wildman–Crippen LogP) is 2.69. The third kappa shape index (κ3) is 9.01. The molecule has 1 aromatic rings. The van der Waals surface area contributed by atoms with E-state index in [0.717, 1.165) is 11.1 Å². The molecule has 1 unspecified atom stereocenters. The molecule has 0 heterocycles. The second-order valence-electron chi connectivity index (χ2n) is 6.43. The number of alkyl carbamates (subject to hydrolysis) is 1. The van der Waals surface area contributed by atoms with E-state index < -0.39 is 12.2 Å². The van der Waals surface area contributed by atoms with Crippen LogP contribution in [0.4, 0.5) is 4.79 Å². The number of β-amino-alcohol motifs (C(OH)–C–C–N with tert-alkyl or cyclic N) is 1. The number of nitrogens with one attached hydrogen (secondary N) is 2. The van der Waals surface area contributed by atoms with Gasteiger partial charge in [-0.05, 0) is 51.3 Å². The van der Waals surface area contributed by atoms with Crippen molar-refractivity contribution in [3.05, 3.63) is 41.6 Å². The molecule has 0 bridgehead atoms. The van der Waals surface area contributed by atoms with Gasteiger partial charge in [0.25, 0.3) is 0 Å². The van der Waals surface area contributed by atoms with Crippen LogP contribution in [0, 0.1) is 0 Å². The number of hydrogen-bond acceptors (Lipinski definition) is 4. The topological polar surface area (TPSA) is 70.6 Å². The third-order valence-electron chi connectivity index (χ3n) is 3.07. The van der Waals surface area contributed by atoms with Crippen molar-refractivity contribution in [1.82, 2.24) is 10.6 Å². The minimum atomic E-state index is -0.463. The zero-order chi connectivity index (χ0) is 17.3. The number of rotatable bonds is 7. The highest BCUT2D eigenvalue weighted by Crippen LogP contribution is 2.09. The van der Waals surface area contributed by atoms with Crippen LogP contribution in [0.3, 0.4) is 0 Å². The fraction of sp³-hybridized carbons (Fsp3) is 0.500. The van der Waals surface area contributed by atoms with E-state index in [1.807, 2.05) is 24.3 Å². The minimum Gasteiger partial charge on any atom is -0.450 e. The van der Waals surface area contributed by atoms with E-state index >= 15 is 0 Å². The van der Waals surface area contributed by atoms with Gasteiger partial charge in [0.05, 0.1) is 12.7 Å². The Labute approximate surface area is 138 Å². The standard InChI is InChI=1S/C18H28N2O3/c1-5-23-17(22)19-11-10-14-6-8-15(9-7-14)12-16(21)13-20-18(2,3)4/h6-11,16,20-21H,5,12-13H2,1-4H3,(H,19,22)/b11-10+. The first kappa shape index (κ1) is 19.2. The van der Waals surface area contributed by atoms with Gasteiger partial charge < -0.3 is 15.2 Å². The summed E-state index contributed by atoms with van der Waals surface area (Å²) in [7, 11) is 0. The molecule has 5 heteroatoms. The van der Waals surface area contributed by atoms with Gasteiger partial charge in [-0.15, -0.1) is 0 Å². The zero-order valence-electron chi connectivity index (χ0n) is 14.4. The van der Waals surface area contributed by atoms with Crippen molar-refractivity contribution in [2.75, 3.05) is 13.2 Å². The highest BCUT2D eigenvalue weighted by molar-refractivity contribution is 5.69. The number of aliphatic hydroxyl groups excluding tert-OH is 1. The molecule has 5 nitrogen and oxygen atoms in total. The molecule has 0 aliphatic rings. The molecule has 0 fully saturated rings. The van der Waals surface area contributed by atoms with Crippen LogP contribution in [0.15, 0.2) is 30.5 Å². The predicted molar refractivity (Wildman–Crippen MR) is 93.1 cm³/mol. The van der Waals surface area contributed by atoms with E-state index in [-0.39, 0.29) is 5.54 Å². The molecule has 3 N–H and O–H groups in total. The SMILES string of the molecule is CCOC(=O)N/C=C/c1ccc(CC(O)CNC(C)(C)C)cc1. The summed E-state index contributed by atoms with van der Waals surface area (Å²) in [4.78, 5) is 11.1. The van der Waals surface area contributed by atoms with E-state index in [4.69, 9.17) is 4.74 Å². The van der Waals surface area contributed by atoms with Gasteiger partial charge in [-0.3, -0.25) is 5.32 Å². The van der Waals surface area contributed by atoms with Crippen LogP contribution in [0.2, 0.25) is 0 Å². The lowest BCUT2D eigenvalue weighted by molar-refractivity contribution is 0.156. The molecule has 0 radical (unpaired) electrons. The number of ether oxygens (including phenoxy) is 1. The third-order valence-corrected chi connectivity index (χ3v) is 3.07. The maximum absolute atomic E-state index is 11.1. The first-order valence-corrected chi connectivity index (χ1v) is 7.92. The van der Waals surface area contributed by atoms with E-state index in [1.165, 1.54) is 0 Å². The molecule has 1 rings (SSSR count). The van der Waals surface area contributed by atoms with Crippen molar-refractivity contribution in [3.8, 4) is 0 Å². The van der Waals surface area contributed by atoms with Crippen LogP contribution in [0.5, 0.6) is 0 Å². The van der Waals surface area contributed by atoms with E-state index in [9.17, 15) is 9.90 Å². The summed E-state index contributed by atoms with van der Waals surface area (Å²) in [5.41, 5.74) is 2.04. The Morgan fingerprint density at radius 3 is 2.52 bits per heavy atom. The fourth-order valence-corrected chi connectivity index (χ4v) is 1.91. The number of amides is 1. The molecule has 0 saturated carbocycles. The van der Waals surface area contributed by atoms with Gasteiger partial charge in [-0.1, -0.05) is 24.3 Å². The van der Waals surface area contributed by atoms with Crippen molar-refractivity contribution < 1.29 is 14.6 Å². The van der Waals surface area contributed by atoms with Crippen molar-refractivity contribution in [2.45, 2.75) is 45.8 Å². The van der Waals surface area contributed by atoms with Gasteiger partial charge in [0.1, 0.15) is 0 Å². The normalized spacial score (nSPS) is 13.1. The fourth-order valence-electron chi connectivity index (χ4n) is 1.91. The van der Waals surface area contributed by atoms with Crippen molar-refractivity contribution in [1.29, 1.82) is 0 Å². The summed E-state index contributed by atoms with van der Waals surface area (Å²) in [6.07, 6.45) is 3.07. The highest BCUT2D eigenvalue weighted by Gasteiger charge is 2.12. The van der Waals surface area contributed by atoms with E-state index in [2.05, 4.69) is 31.4 Å². The average molecular weight is 320 g/mol. The summed E-state index contributed by atoms with van der Waals surface area (Å²) in [6, 6.07) is 7.85. The van der Waals surface area contributed by atoms with Crippen molar-refractivity contribution >= 4 is 12.2 Å². The average Bonchev–Trinajstić information content (AvgIpc) is 2.47. The van der Waals surface area contributed by atoms with Crippen LogP contribution in [-0.4, -0.2) is 36.0 Å². The van der Waals surface area contributed by atoms with Gasteiger partial charge in [-0.2, -0.15) is 0 Å². The second-order valence-corrected chi connectivity index (χ2v) is 6.43. The molecule has 0 aromatic heterocycles. The van der Waals surface area contributed by atoms with Crippen LogP contribution >= 0.6 is 0 Å². The monoisotopic (exact) mass is 320 g/mol. The van der Waals surface area contributed by atoms with E-state index in [1.54, 1.807) is 19.2 Å². The van der Waals surface area contributed by atoms with Crippen LogP contribution in [0.1, 0.15) is 38.8 Å². The van der Waals surface area contributed by atoms with Gasteiger partial charge in [0, 0.05) is 18.3 Å². The summed E-state index contributed by atoms with van der Waals surface area (Å²) in [5, 5.41) is 15.9. The Kier molecular flexibility index (Phi) is 7.78. The largest absolute Gasteiger partial charge is 0.450 e. The first-order valence-electron chi connectivity index (χ1n) is 7.92. The molecule has 1 aromatic carbocycles. The molecule has 0 saturated heterocycles. The molecule has 1 atom stereocenters. The first-order chi connectivity index (χ1) is 10.8. The Hall–Kier alpha value is -1.85. The number of carbonyl (C=O) groups excluding carboxylic acids is 1. The van der Waals surface area contributed by atoms with Crippen LogP contribution in [0.25, 0.3) is 6.08 Å². The molecule has 0 aliphatic carbocycles. The maximum Gasteiger partial charge on any atom is 0.411 e. The van der Waals surface area contributed by atoms with Gasteiger partial charge in [0.15, 0.2) is 0 Å². The smallest absolute Gasteiger partial charge is 0.411 e. The summed E-state index contributed by atoms with van der Waals surface area (Å²) >= 11 is 0. The van der Waals surface area contributed by atoms with Crippen LogP contribution < -0.4 is 10.6 Å². The Bertz CT molecular complexity index is 504. The lowest BCUT2D eigenvalue weighted by atomic mass is 10.0. The number of aliphatic hydroxyl groups is 1. The Balaban J connectivity index is 2.44. The lowest BCUT2D eigenvalue weighted by Crippen LogP contribution is -2.41. The zero-order valence-corrected chi connectivity index (χ0v) is 14.4. The van der Waals surface area contributed by atoms with Gasteiger partial charge >= 0.3 is 6.09 Å². The molecule has 23 heavy (non-hydrogen) atoms. The lowest BCUT2D eigenvalue weighted by Gasteiger charge is -2.22. The van der Waals surface area contributed by atoms with Crippen molar-refractivity contribution in [2.24, 2.45) is 0 Å². The second kappa shape index (κ2) is 9.33. The highest BCUT2D eigenvalue weighted by atomic mass is 16.5. The number of carbonyl (C=O) groups is 1. The van der Waals surface area contributed by atoms with Gasteiger partial charge in [0.2, 0.25) is 0 Å². The summed E-state index contributed by atoms with van der Waals surface area (Å²) in [6.45, 7) is 8.89. The minimum absolute atomic E-state index is 0.00154. The molecule has 0 aliphatic heterocycles. The molecule has 0 spiro atoms. The Morgan fingerprint density at radius 1 is 1.30 bits per heavy atom. The molecular weight excluding hydrogens is 292 g/mol. The summed E-state index contributed by atoms with van der Waals surface area (Å²) in [5.74, 6) is 0. The molecular formula is C18H28N2O3. The maximum atomic E-state index is 11.1. The number of hydrogen-bond donors (Lipinski definition) is 3. The molecule has 128 valence electrons. The summed E-state index contributed by atoms with van der Waals surface area (Å²) < 4.78 is 4.75. The van der Waals surface area contributed by atoms with Crippen LogP contribution in [-0.2, 0) is 11.2 Å². The van der Waals surface area contributed by atoms with Gasteiger partial charge in [-0.25, -0.2) is 4.79 Å².